The number of benzene rings is 7. The van der Waals surface area contributed by atoms with E-state index in [4.69, 9.17) is 23.8 Å². The third-order valence-corrected chi connectivity index (χ3v) is 9.97. The molecular formula is C45H26BrN3O2. The summed E-state index contributed by atoms with van der Waals surface area (Å²) in [5, 5.41) is 4.06. The predicted octanol–water partition coefficient (Wildman–Crippen LogP) is 12.8. The van der Waals surface area contributed by atoms with Crippen LogP contribution in [0.4, 0.5) is 0 Å². The molecule has 51 heavy (non-hydrogen) atoms. The quantitative estimate of drug-likeness (QED) is 0.177. The van der Waals surface area contributed by atoms with Crippen LogP contribution < -0.4 is 0 Å². The fourth-order valence-electron chi connectivity index (χ4n) is 6.96. The van der Waals surface area contributed by atoms with Gasteiger partial charge in [-0.15, -0.1) is 0 Å². The van der Waals surface area contributed by atoms with Gasteiger partial charge in [0.05, 0.1) is 5.56 Å². The van der Waals surface area contributed by atoms with Crippen molar-refractivity contribution in [1.82, 2.24) is 15.0 Å². The first-order valence-electron chi connectivity index (χ1n) is 16.7. The summed E-state index contributed by atoms with van der Waals surface area (Å²) in [7, 11) is 0. The van der Waals surface area contributed by atoms with Crippen LogP contribution in [0.15, 0.2) is 171 Å². The van der Waals surface area contributed by atoms with Crippen molar-refractivity contribution in [2.75, 3.05) is 0 Å². The van der Waals surface area contributed by atoms with E-state index in [0.717, 1.165) is 81.7 Å². The monoisotopic (exact) mass is 719 g/mol. The maximum absolute atomic E-state index is 6.44. The minimum Gasteiger partial charge on any atom is -0.456 e. The van der Waals surface area contributed by atoms with E-state index in [2.05, 4.69) is 113 Å². The van der Waals surface area contributed by atoms with E-state index < -0.39 is 0 Å². The normalized spacial score (nSPS) is 11.6. The highest BCUT2D eigenvalue weighted by Gasteiger charge is 2.20. The molecule has 0 aliphatic rings. The van der Waals surface area contributed by atoms with Gasteiger partial charge in [-0.2, -0.15) is 0 Å². The van der Waals surface area contributed by atoms with Crippen molar-refractivity contribution in [2.24, 2.45) is 0 Å². The Kier molecular flexibility index (Phi) is 6.89. The van der Waals surface area contributed by atoms with Crippen molar-refractivity contribution in [3.8, 4) is 56.4 Å². The van der Waals surface area contributed by atoms with Crippen molar-refractivity contribution in [1.29, 1.82) is 0 Å². The highest BCUT2D eigenvalue weighted by molar-refractivity contribution is 9.10. The van der Waals surface area contributed by atoms with Gasteiger partial charge in [0, 0.05) is 37.1 Å². The van der Waals surface area contributed by atoms with Crippen LogP contribution in [-0.4, -0.2) is 15.0 Å². The summed E-state index contributed by atoms with van der Waals surface area (Å²) in [6.45, 7) is 0. The highest BCUT2D eigenvalue weighted by atomic mass is 79.9. The van der Waals surface area contributed by atoms with E-state index in [0.29, 0.717) is 17.5 Å². The average Bonchev–Trinajstić information content (AvgIpc) is 3.77. The van der Waals surface area contributed by atoms with Crippen molar-refractivity contribution >= 4 is 59.8 Å². The number of hydrogen-bond acceptors (Lipinski definition) is 5. The first-order valence-corrected chi connectivity index (χ1v) is 17.5. The van der Waals surface area contributed by atoms with Crippen LogP contribution in [-0.2, 0) is 0 Å². The molecule has 0 N–H and O–H groups in total. The summed E-state index contributed by atoms with van der Waals surface area (Å²) in [5.41, 5.74) is 10.3. The van der Waals surface area contributed by atoms with Crippen LogP contribution in [0.1, 0.15) is 0 Å². The number of nitrogens with zero attached hydrogens (tertiary/aromatic N) is 3. The molecule has 0 saturated heterocycles. The lowest BCUT2D eigenvalue weighted by atomic mass is 9.98. The van der Waals surface area contributed by atoms with Crippen LogP contribution >= 0.6 is 15.9 Å². The number of fused-ring (bicyclic) bond motifs is 6. The summed E-state index contributed by atoms with van der Waals surface area (Å²) in [4.78, 5) is 15.4. The van der Waals surface area contributed by atoms with Crippen molar-refractivity contribution in [2.45, 2.75) is 0 Å². The van der Waals surface area contributed by atoms with E-state index in [1.54, 1.807) is 0 Å². The lowest BCUT2D eigenvalue weighted by molar-refractivity contribution is 0.668. The molecule has 6 heteroatoms. The van der Waals surface area contributed by atoms with E-state index in [9.17, 15) is 0 Å². The highest BCUT2D eigenvalue weighted by Crippen LogP contribution is 2.39. The first kappa shape index (κ1) is 29.5. The van der Waals surface area contributed by atoms with Gasteiger partial charge in [-0.25, -0.2) is 15.0 Å². The second-order valence-electron chi connectivity index (χ2n) is 12.5. The molecule has 3 heterocycles. The second-order valence-corrected chi connectivity index (χ2v) is 13.4. The molecule has 3 aromatic heterocycles. The van der Waals surface area contributed by atoms with Gasteiger partial charge in [-0.1, -0.05) is 131 Å². The van der Waals surface area contributed by atoms with Gasteiger partial charge in [-0.3, -0.25) is 0 Å². The van der Waals surface area contributed by atoms with Gasteiger partial charge >= 0.3 is 0 Å². The fraction of sp³-hybridized carbons (Fsp3) is 0. The predicted molar refractivity (Wildman–Crippen MR) is 209 cm³/mol. The molecule has 0 amide bonds. The average molecular weight is 721 g/mol. The Morgan fingerprint density at radius 1 is 0.373 bits per heavy atom. The lowest BCUT2D eigenvalue weighted by Gasteiger charge is -2.10. The van der Waals surface area contributed by atoms with Gasteiger partial charge in [0.25, 0.3) is 0 Å². The Balaban J connectivity index is 1.14. The van der Waals surface area contributed by atoms with E-state index in [1.807, 2.05) is 60.7 Å². The van der Waals surface area contributed by atoms with E-state index in [1.165, 1.54) is 5.56 Å². The summed E-state index contributed by atoms with van der Waals surface area (Å²) in [6, 6.07) is 53.7. The van der Waals surface area contributed by atoms with Crippen LogP contribution in [0.5, 0.6) is 0 Å². The molecule has 0 radical (unpaired) electrons. The third kappa shape index (κ3) is 5.11. The fourth-order valence-corrected chi connectivity index (χ4v) is 7.23. The molecule has 5 nitrogen and oxygen atoms in total. The van der Waals surface area contributed by atoms with E-state index >= 15 is 0 Å². The van der Waals surface area contributed by atoms with Gasteiger partial charge in [0.1, 0.15) is 22.3 Å². The SMILES string of the molecule is Brc1ccc(-c2cccc(-c3ccc(-c4nc(-c5cccc6c5oc5ccccc56)nc(-c5cccc6oc7ccccc7c56)n4)cc3)c2)cc1. The first-order chi connectivity index (χ1) is 25.2. The third-order valence-electron chi connectivity index (χ3n) is 9.44. The lowest BCUT2D eigenvalue weighted by Crippen LogP contribution is -2.00. The number of para-hydroxylation sites is 3. The van der Waals surface area contributed by atoms with Gasteiger partial charge < -0.3 is 8.83 Å². The maximum atomic E-state index is 6.44. The molecule has 0 aliphatic carbocycles. The summed E-state index contributed by atoms with van der Waals surface area (Å²) >= 11 is 3.54. The van der Waals surface area contributed by atoms with Crippen LogP contribution in [0.2, 0.25) is 0 Å². The summed E-state index contributed by atoms with van der Waals surface area (Å²) < 4.78 is 13.7. The number of furan rings is 2. The Morgan fingerprint density at radius 3 is 1.67 bits per heavy atom. The molecule has 0 fully saturated rings. The van der Waals surface area contributed by atoms with E-state index in [-0.39, 0.29) is 0 Å². The number of rotatable bonds is 5. The Morgan fingerprint density at radius 2 is 0.902 bits per heavy atom. The van der Waals surface area contributed by atoms with Gasteiger partial charge in [0.15, 0.2) is 17.5 Å². The molecule has 0 unspecified atom stereocenters. The van der Waals surface area contributed by atoms with Crippen molar-refractivity contribution in [3.05, 3.63) is 162 Å². The van der Waals surface area contributed by atoms with Crippen molar-refractivity contribution in [3.63, 3.8) is 0 Å². The van der Waals surface area contributed by atoms with Crippen LogP contribution in [0.25, 0.3) is 100 Å². The Labute approximate surface area is 301 Å². The molecular weight excluding hydrogens is 694 g/mol. The largest absolute Gasteiger partial charge is 0.456 e. The van der Waals surface area contributed by atoms with Gasteiger partial charge in [-0.05, 0) is 64.7 Å². The molecule has 0 bridgehead atoms. The van der Waals surface area contributed by atoms with Gasteiger partial charge in [0.2, 0.25) is 0 Å². The molecule has 10 rings (SSSR count). The molecule has 0 spiro atoms. The summed E-state index contributed by atoms with van der Waals surface area (Å²) in [5.74, 6) is 1.67. The van der Waals surface area contributed by atoms with Crippen LogP contribution in [0.3, 0.4) is 0 Å². The Hall–Kier alpha value is -6.37. The number of halogens is 1. The zero-order valence-corrected chi connectivity index (χ0v) is 28.6. The summed E-state index contributed by atoms with van der Waals surface area (Å²) in [6.07, 6.45) is 0. The minimum atomic E-state index is 0.538. The number of aromatic nitrogens is 3. The molecule has 0 aliphatic heterocycles. The maximum Gasteiger partial charge on any atom is 0.167 e. The smallest absolute Gasteiger partial charge is 0.167 e. The molecule has 7 aromatic carbocycles. The zero-order valence-electron chi connectivity index (χ0n) is 27.0. The second kappa shape index (κ2) is 11.9. The minimum absolute atomic E-state index is 0.538. The standard InChI is InChI=1S/C45H26BrN3O2/c46-32-24-22-28(23-25-32)31-9-5-8-30(26-31)27-18-20-29(21-19-27)43-47-44(36-13-7-17-40-41(36)35-11-2-4-16-39(35)50-40)49-45(48-43)37-14-6-12-34-33-10-1-3-15-38(33)51-42(34)37/h1-26H. The number of hydrogen-bond donors (Lipinski definition) is 0. The van der Waals surface area contributed by atoms with Crippen LogP contribution in [0, 0.1) is 0 Å². The molecule has 240 valence electrons. The molecule has 0 atom stereocenters. The molecule has 0 saturated carbocycles. The van der Waals surface area contributed by atoms with Crippen molar-refractivity contribution < 1.29 is 8.83 Å². The topological polar surface area (TPSA) is 65.0 Å². The zero-order chi connectivity index (χ0) is 33.9. The Bertz CT molecular complexity index is 2930. The molecule has 10 aromatic rings.